The molecule has 0 saturated carbocycles. The van der Waals surface area contributed by atoms with Crippen LogP contribution in [0.1, 0.15) is 22.3 Å². The third kappa shape index (κ3) is 4.17. The molecular formula is C16H18N4O2S. The van der Waals surface area contributed by atoms with Gasteiger partial charge in [0.15, 0.2) is 5.78 Å². The number of carbonyl (C=O) groups excluding carboxylic acids is 2. The highest BCUT2D eigenvalue weighted by Gasteiger charge is 2.12. The minimum atomic E-state index is -0.447. The van der Waals surface area contributed by atoms with Crippen LogP contribution in [0.25, 0.3) is 0 Å². The highest BCUT2D eigenvalue weighted by Crippen LogP contribution is 2.12. The second-order valence-electron chi connectivity index (χ2n) is 4.80. The van der Waals surface area contributed by atoms with Gasteiger partial charge in [-0.15, -0.1) is 11.7 Å². The average molecular weight is 330 g/mol. The lowest BCUT2D eigenvalue weighted by Crippen LogP contribution is -2.28. The van der Waals surface area contributed by atoms with Crippen LogP contribution in [-0.2, 0) is 6.54 Å². The zero-order chi connectivity index (χ0) is 16.8. The van der Waals surface area contributed by atoms with Crippen LogP contribution < -0.4 is 15.5 Å². The van der Waals surface area contributed by atoms with Crippen LogP contribution in [-0.4, -0.2) is 16.4 Å². The number of carbonyl (C=O) groups is 2. The van der Waals surface area contributed by atoms with Gasteiger partial charge in [-0.25, -0.2) is 10.2 Å². The first-order chi connectivity index (χ1) is 11.0. The van der Waals surface area contributed by atoms with Gasteiger partial charge < -0.3 is 9.88 Å². The van der Waals surface area contributed by atoms with Gasteiger partial charge in [-0.1, -0.05) is 35.6 Å². The van der Waals surface area contributed by atoms with Crippen molar-refractivity contribution < 1.29 is 9.59 Å². The summed E-state index contributed by atoms with van der Waals surface area (Å²) in [6.07, 6.45) is 1.71. The van der Waals surface area contributed by atoms with Gasteiger partial charge in [-0.3, -0.25) is 4.79 Å². The maximum Gasteiger partial charge on any atom is 0.339 e. The Morgan fingerprint density at radius 2 is 2.04 bits per heavy atom. The fourth-order valence-corrected chi connectivity index (χ4v) is 3.02. The number of amides is 2. The van der Waals surface area contributed by atoms with E-state index < -0.39 is 6.03 Å². The molecule has 0 atom stereocenters. The average Bonchev–Trinajstić information content (AvgIpc) is 2.84. The number of Topliss-reactive ketones (excluding diaryl/α,β-unsaturated/α-hetero) is 1. The second-order valence-corrected chi connectivity index (χ2v) is 5.78. The summed E-state index contributed by atoms with van der Waals surface area (Å²) < 4.78 is 1.83. The number of urea groups is 1. The molecule has 6 nitrogen and oxygen atoms in total. The predicted octanol–water partition coefficient (Wildman–Crippen LogP) is 2.88. The smallest absolute Gasteiger partial charge is 0.315 e. The first-order valence-corrected chi connectivity index (χ1v) is 7.82. The zero-order valence-electron chi connectivity index (χ0n) is 13.0. The van der Waals surface area contributed by atoms with Gasteiger partial charge in [0.1, 0.15) is 0 Å². The molecule has 0 spiro atoms. The Balaban J connectivity index is 2.21. The molecule has 0 aliphatic carbocycles. The van der Waals surface area contributed by atoms with E-state index in [-0.39, 0.29) is 5.78 Å². The van der Waals surface area contributed by atoms with E-state index in [0.717, 1.165) is 5.69 Å². The first kappa shape index (κ1) is 16.7. The summed E-state index contributed by atoms with van der Waals surface area (Å²) in [5, 5.41) is 6.78. The minimum absolute atomic E-state index is 0.0273. The number of aromatic nitrogens is 1. The molecule has 0 radical (unpaired) electrons. The largest absolute Gasteiger partial charge is 0.339 e. The Morgan fingerprint density at radius 1 is 1.35 bits per heavy atom. The van der Waals surface area contributed by atoms with Gasteiger partial charge in [0.2, 0.25) is 4.80 Å². The first-order valence-electron chi connectivity index (χ1n) is 7.00. The SMILES string of the molecule is C=CCn1c(C)c(C(C)=O)s/c1=N\NC(=O)Nc1ccccc1. The van der Waals surface area contributed by atoms with Gasteiger partial charge in [0.25, 0.3) is 0 Å². The number of hydrogen-bond acceptors (Lipinski definition) is 4. The molecule has 2 rings (SSSR count). The molecule has 0 saturated heterocycles. The Labute approximate surface area is 138 Å². The molecule has 23 heavy (non-hydrogen) atoms. The summed E-state index contributed by atoms with van der Waals surface area (Å²) in [5.74, 6) is -0.0273. The van der Waals surface area contributed by atoms with Gasteiger partial charge in [-0.05, 0) is 19.1 Å². The number of rotatable bonds is 5. The van der Waals surface area contributed by atoms with Gasteiger partial charge in [0.05, 0.1) is 4.88 Å². The monoisotopic (exact) mass is 330 g/mol. The van der Waals surface area contributed by atoms with E-state index in [0.29, 0.717) is 21.9 Å². The summed E-state index contributed by atoms with van der Waals surface area (Å²) in [4.78, 5) is 24.7. The number of nitrogens with zero attached hydrogens (tertiary/aromatic N) is 2. The highest BCUT2D eigenvalue weighted by atomic mass is 32.1. The third-order valence-corrected chi connectivity index (χ3v) is 4.36. The number of benzene rings is 1. The molecule has 0 unspecified atom stereocenters. The second kappa shape index (κ2) is 7.55. The van der Waals surface area contributed by atoms with E-state index in [2.05, 4.69) is 22.4 Å². The van der Waals surface area contributed by atoms with Crippen LogP contribution in [0, 0.1) is 6.92 Å². The van der Waals surface area contributed by atoms with E-state index in [1.54, 1.807) is 18.2 Å². The van der Waals surface area contributed by atoms with Gasteiger partial charge in [0, 0.05) is 24.8 Å². The molecule has 2 amide bonds. The van der Waals surface area contributed by atoms with Crippen LogP contribution in [0.5, 0.6) is 0 Å². The van der Waals surface area contributed by atoms with Crippen LogP contribution in [0.2, 0.25) is 0 Å². The van der Waals surface area contributed by atoms with Gasteiger partial charge in [-0.2, -0.15) is 0 Å². The molecule has 1 aromatic heterocycles. The zero-order valence-corrected chi connectivity index (χ0v) is 13.8. The standard InChI is InChI=1S/C16H18N4O2S/c1-4-10-20-11(2)14(12(3)21)23-16(20)19-18-15(22)17-13-8-6-5-7-9-13/h4-9H,1,10H2,2-3H3,(H2,17,18,22)/b19-16-. The van der Waals surface area contributed by atoms with Crippen molar-refractivity contribution >= 4 is 28.8 Å². The number of allylic oxidation sites excluding steroid dienone is 1. The van der Waals surface area contributed by atoms with E-state index >= 15 is 0 Å². The number of thiazole rings is 1. The molecule has 0 aliphatic rings. The lowest BCUT2D eigenvalue weighted by atomic mass is 10.3. The van der Waals surface area contributed by atoms with Crippen molar-refractivity contribution in [1.82, 2.24) is 9.99 Å². The summed E-state index contributed by atoms with van der Waals surface area (Å²) in [7, 11) is 0. The van der Waals surface area contributed by atoms with Crippen molar-refractivity contribution in [3.8, 4) is 0 Å². The van der Waals surface area contributed by atoms with Crippen molar-refractivity contribution in [3.05, 3.63) is 58.4 Å². The molecule has 2 aromatic rings. The molecule has 0 bridgehead atoms. The van der Waals surface area contributed by atoms with Crippen LogP contribution >= 0.6 is 11.3 Å². The fraction of sp³-hybridized carbons (Fsp3) is 0.188. The normalized spacial score (nSPS) is 11.1. The predicted molar refractivity (Wildman–Crippen MR) is 91.4 cm³/mol. The fourth-order valence-electron chi connectivity index (χ4n) is 2.02. The third-order valence-electron chi connectivity index (χ3n) is 3.07. The molecule has 1 heterocycles. The minimum Gasteiger partial charge on any atom is -0.315 e. The Bertz CT molecular complexity index is 790. The van der Waals surface area contributed by atoms with E-state index in [1.165, 1.54) is 18.3 Å². The Morgan fingerprint density at radius 3 is 2.65 bits per heavy atom. The van der Waals surface area contributed by atoms with Gasteiger partial charge >= 0.3 is 6.03 Å². The molecule has 7 heteroatoms. The molecule has 2 N–H and O–H groups in total. The molecular weight excluding hydrogens is 312 g/mol. The van der Waals surface area contributed by atoms with Crippen LogP contribution in [0.3, 0.4) is 0 Å². The summed E-state index contributed by atoms with van der Waals surface area (Å²) in [6.45, 7) is 7.57. The maximum absolute atomic E-state index is 11.9. The van der Waals surface area contributed by atoms with Crippen LogP contribution in [0.4, 0.5) is 10.5 Å². The number of nitrogens with one attached hydrogen (secondary N) is 2. The number of anilines is 1. The molecule has 1 aromatic carbocycles. The molecule has 0 fully saturated rings. The van der Waals surface area contributed by atoms with Crippen molar-refractivity contribution in [2.45, 2.75) is 20.4 Å². The Hall–Kier alpha value is -2.67. The summed E-state index contributed by atoms with van der Waals surface area (Å²) in [5.41, 5.74) is 3.93. The van der Waals surface area contributed by atoms with Crippen molar-refractivity contribution in [2.75, 3.05) is 5.32 Å². The van der Waals surface area contributed by atoms with Crippen molar-refractivity contribution in [1.29, 1.82) is 0 Å². The van der Waals surface area contributed by atoms with E-state index in [1.807, 2.05) is 29.7 Å². The maximum atomic E-state index is 11.9. The number of para-hydroxylation sites is 1. The number of ketones is 1. The van der Waals surface area contributed by atoms with E-state index in [4.69, 9.17) is 0 Å². The molecule has 0 aliphatic heterocycles. The highest BCUT2D eigenvalue weighted by molar-refractivity contribution is 7.11. The lowest BCUT2D eigenvalue weighted by Gasteiger charge is -2.04. The van der Waals surface area contributed by atoms with Crippen molar-refractivity contribution in [2.24, 2.45) is 5.10 Å². The van der Waals surface area contributed by atoms with Crippen molar-refractivity contribution in [3.63, 3.8) is 0 Å². The lowest BCUT2D eigenvalue weighted by molar-refractivity contribution is 0.102. The van der Waals surface area contributed by atoms with Crippen LogP contribution in [0.15, 0.2) is 48.1 Å². The van der Waals surface area contributed by atoms with E-state index in [9.17, 15) is 9.59 Å². The quantitative estimate of drug-likeness (QED) is 0.502. The Kier molecular flexibility index (Phi) is 5.48. The molecule has 120 valence electrons. The number of hydrogen-bond donors (Lipinski definition) is 2. The summed E-state index contributed by atoms with van der Waals surface area (Å²) in [6, 6.07) is 8.63. The topological polar surface area (TPSA) is 75.5 Å². The summed E-state index contributed by atoms with van der Waals surface area (Å²) >= 11 is 1.24.